The highest BCUT2D eigenvalue weighted by molar-refractivity contribution is 5.87. The van der Waals surface area contributed by atoms with Crippen LogP contribution in [0.25, 0.3) is 22.3 Å². The molecule has 25 heavy (non-hydrogen) atoms. The molecule has 3 aromatic rings. The lowest BCUT2D eigenvalue weighted by molar-refractivity contribution is -0.145. The summed E-state index contributed by atoms with van der Waals surface area (Å²) in [7, 11) is 0. The predicted octanol–water partition coefficient (Wildman–Crippen LogP) is 5.12. The van der Waals surface area contributed by atoms with Crippen molar-refractivity contribution in [2.75, 3.05) is 6.79 Å². The zero-order valence-corrected chi connectivity index (χ0v) is 14.4. The van der Waals surface area contributed by atoms with E-state index in [9.17, 15) is 4.79 Å². The van der Waals surface area contributed by atoms with Gasteiger partial charge >= 0.3 is 5.97 Å². The molecule has 4 nitrogen and oxygen atoms in total. The fraction of sp³-hybridized carbons (Fsp3) is 0.190. The highest BCUT2D eigenvalue weighted by Gasteiger charge is 2.10. The Morgan fingerprint density at radius 1 is 1.16 bits per heavy atom. The van der Waals surface area contributed by atoms with Crippen LogP contribution in [-0.4, -0.2) is 12.8 Å². The molecule has 0 fully saturated rings. The maximum Gasteiger partial charge on any atom is 0.335 e. The second-order valence-electron chi connectivity index (χ2n) is 5.80. The van der Waals surface area contributed by atoms with E-state index >= 15 is 0 Å². The lowest BCUT2D eigenvalue weighted by Gasteiger charge is -2.06. The van der Waals surface area contributed by atoms with Crippen LogP contribution in [0.15, 0.2) is 65.1 Å². The van der Waals surface area contributed by atoms with Gasteiger partial charge in [0.05, 0.1) is 0 Å². The van der Waals surface area contributed by atoms with Crippen LogP contribution in [-0.2, 0) is 16.0 Å². The van der Waals surface area contributed by atoms with Crippen LogP contribution in [0.3, 0.4) is 0 Å². The summed E-state index contributed by atoms with van der Waals surface area (Å²) in [6.45, 7) is 7.07. The SMILES string of the molecule is C=C(C)C(=O)OCOc1ccc2cc(-c3ccccc3CC)oc2c1. The number of aryl methyl sites for hydroxylation is 1. The molecule has 128 valence electrons. The van der Waals surface area contributed by atoms with Gasteiger partial charge in [0.2, 0.25) is 6.79 Å². The zero-order valence-electron chi connectivity index (χ0n) is 14.4. The van der Waals surface area contributed by atoms with Crippen LogP contribution in [0.1, 0.15) is 19.4 Å². The third-order valence-corrected chi connectivity index (χ3v) is 3.92. The Morgan fingerprint density at radius 3 is 2.72 bits per heavy atom. The van der Waals surface area contributed by atoms with Crippen molar-refractivity contribution >= 4 is 16.9 Å². The summed E-state index contributed by atoms with van der Waals surface area (Å²) in [5.41, 5.74) is 3.40. The van der Waals surface area contributed by atoms with E-state index in [1.54, 1.807) is 13.0 Å². The number of carbonyl (C=O) groups excluding carboxylic acids is 1. The zero-order chi connectivity index (χ0) is 17.8. The van der Waals surface area contributed by atoms with Crippen LogP contribution in [0, 0.1) is 0 Å². The van der Waals surface area contributed by atoms with Gasteiger partial charge in [-0.05, 0) is 37.1 Å². The number of furan rings is 1. The predicted molar refractivity (Wildman–Crippen MR) is 97.4 cm³/mol. The summed E-state index contributed by atoms with van der Waals surface area (Å²) in [5.74, 6) is 0.933. The first-order valence-corrected chi connectivity index (χ1v) is 8.15. The molecule has 0 bridgehead atoms. The van der Waals surface area contributed by atoms with Gasteiger partial charge in [-0.3, -0.25) is 0 Å². The fourth-order valence-electron chi connectivity index (χ4n) is 2.58. The quantitative estimate of drug-likeness (QED) is 0.356. The molecular weight excluding hydrogens is 316 g/mol. The van der Waals surface area contributed by atoms with Gasteiger partial charge in [-0.2, -0.15) is 0 Å². The van der Waals surface area contributed by atoms with Crippen molar-refractivity contribution in [1.29, 1.82) is 0 Å². The molecule has 0 aliphatic heterocycles. The second kappa shape index (κ2) is 7.26. The third kappa shape index (κ3) is 3.74. The van der Waals surface area contributed by atoms with E-state index < -0.39 is 5.97 Å². The summed E-state index contributed by atoms with van der Waals surface area (Å²) in [5, 5.41) is 0.993. The summed E-state index contributed by atoms with van der Waals surface area (Å²) >= 11 is 0. The second-order valence-corrected chi connectivity index (χ2v) is 5.80. The van der Waals surface area contributed by atoms with Gasteiger partial charge in [0, 0.05) is 22.6 Å². The van der Waals surface area contributed by atoms with Crippen molar-refractivity contribution in [3.8, 4) is 17.1 Å². The maximum absolute atomic E-state index is 11.3. The fourth-order valence-corrected chi connectivity index (χ4v) is 2.58. The molecule has 0 aliphatic rings. The van der Waals surface area contributed by atoms with E-state index in [1.165, 1.54) is 5.56 Å². The molecule has 0 saturated carbocycles. The molecule has 3 rings (SSSR count). The Balaban J connectivity index is 1.80. The molecule has 0 radical (unpaired) electrons. The van der Waals surface area contributed by atoms with E-state index in [0.717, 1.165) is 28.7 Å². The van der Waals surface area contributed by atoms with Crippen molar-refractivity contribution in [2.24, 2.45) is 0 Å². The number of esters is 1. The summed E-state index contributed by atoms with van der Waals surface area (Å²) in [6, 6.07) is 15.8. The molecule has 0 saturated heterocycles. The molecule has 4 heteroatoms. The summed E-state index contributed by atoms with van der Waals surface area (Å²) in [6.07, 6.45) is 0.940. The number of rotatable bonds is 6. The largest absolute Gasteiger partial charge is 0.457 e. The first kappa shape index (κ1) is 16.8. The third-order valence-electron chi connectivity index (χ3n) is 3.92. The van der Waals surface area contributed by atoms with Crippen LogP contribution >= 0.6 is 0 Å². The number of hydrogen-bond acceptors (Lipinski definition) is 4. The molecule has 1 heterocycles. The van der Waals surface area contributed by atoms with E-state index in [0.29, 0.717) is 11.3 Å². The highest BCUT2D eigenvalue weighted by Crippen LogP contribution is 2.32. The van der Waals surface area contributed by atoms with Crippen LogP contribution < -0.4 is 4.74 Å². The standard InChI is InChI=1S/C21H20O4/c1-4-15-7-5-6-8-18(15)20-11-16-9-10-17(12-19(16)25-20)23-13-24-21(22)14(2)3/h5-12H,2,4,13H2,1,3H3. The number of fused-ring (bicyclic) bond motifs is 1. The van der Waals surface area contributed by atoms with E-state index in [2.05, 4.69) is 25.6 Å². The van der Waals surface area contributed by atoms with Gasteiger partial charge in [-0.15, -0.1) is 0 Å². The number of carbonyl (C=O) groups is 1. The molecule has 2 aromatic carbocycles. The molecule has 0 aliphatic carbocycles. The van der Waals surface area contributed by atoms with Crippen LogP contribution in [0.2, 0.25) is 0 Å². The Labute approximate surface area is 146 Å². The van der Waals surface area contributed by atoms with Crippen molar-refractivity contribution in [1.82, 2.24) is 0 Å². The van der Waals surface area contributed by atoms with Gasteiger partial charge in [-0.25, -0.2) is 4.79 Å². The maximum atomic E-state index is 11.3. The average molecular weight is 336 g/mol. The van der Waals surface area contributed by atoms with Gasteiger partial charge < -0.3 is 13.9 Å². The minimum Gasteiger partial charge on any atom is -0.457 e. The summed E-state index contributed by atoms with van der Waals surface area (Å²) in [4.78, 5) is 11.3. The van der Waals surface area contributed by atoms with Crippen molar-refractivity contribution in [3.63, 3.8) is 0 Å². The van der Waals surface area contributed by atoms with Crippen molar-refractivity contribution < 1.29 is 18.7 Å². The Hall–Kier alpha value is -3.01. The lowest BCUT2D eigenvalue weighted by atomic mass is 10.0. The monoisotopic (exact) mass is 336 g/mol. The van der Waals surface area contributed by atoms with Gasteiger partial charge in [-0.1, -0.05) is 37.8 Å². The van der Waals surface area contributed by atoms with Crippen LogP contribution in [0.4, 0.5) is 0 Å². The number of ether oxygens (including phenoxy) is 2. The van der Waals surface area contributed by atoms with E-state index in [1.807, 2.05) is 30.3 Å². The minimum atomic E-state index is -0.475. The molecular formula is C21H20O4. The van der Waals surface area contributed by atoms with Gasteiger partial charge in [0.25, 0.3) is 0 Å². The average Bonchev–Trinajstić information content (AvgIpc) is 3.04. The molecule has 0 unspecified atom stereocenters. The molecule has 0 amide bonds. The van der Waals surface area contributed by atoms with E-state index in [4.69, 9.17) is 13.9 Å². The Morgan fingerprint density at radius 2 is 1.96 bits per heavy atom. The molecule has 0 atom stereocenters. The topological polar surface area (TPSA) is 48.7 Å². The normalized spacial score (nSPS) is 10.6. The smallest absolute Gasteiger partial charge is 0.335 e. The van der Waals surface area contributed by atoms with Gasteiger partial charge in [0.1, 0.15) is 17.1 Å². The molecule has 1 aromatic heterocycles. The van der Waals surface area contributed by atoms with Crippen molar-refractivity contribution in [3.05, 3.63) is 66.2 Å². The number of hydrogen-bond donors (Lipinski definition) is 0. The van der Waals surface area contributed by atoms with Crippen molar-refractivity contribution in [2.45, 2.75) is 20.3 Å². The van der Waals surface area contributed by atoms with E-state index in [-0.39, 0.29) is 6.79 Å². The Bertz CT molecular complexity index is 921. The molecule has 0 N–H and O–H groups in total. The highest BCUT2D eigenvalue weighted by atomic mass is 16.7. The lowest BCUT2D eigenvalue weighted by Crippen LogP contribution is -2.10. The molecule has 0 spiro atoms. The van der Waals surface area contributed by atoms with Gasteiger partial charge in [0.15, 0.2) is 0 Å². The Kier molecular flexibility index (Phi) is 4.89. The summed E-state index contributed by atoms with van der Waals surface area (Å²) < 4.78 is 16.4. The van der Waals surface area contributed by atoms with Crippen LogP contribution in [0.5, 0.6) is 5.75 Å². The number of benzene rings is 2. The minimum absolute atomic E-state index is 0.163. The first-order chi connectivity index (χ1) is 12.1. The first-order valence-electron chi connectivity index (χ1n) is 8.15.